The number of hydrogen-bond acceptors (Lipinski definition) is 4. The molecule has 3 aromatic rings. The van der Waals surface area contributed by atoms with E-state index in [9.17, 15) is 14.4 Å². The van der Waals surface area contributed by atoms with E-state index < -0.39 is 16.8 Å². The fourth-order valence-corrected chi connectivity index (χ4v) is 2.31. The first-order valence-electron chi connectivity index (χ1n) is 6.67. The molecule has 0 saturated carbocycles. The Bertz CT molecular complexity index is 1060. The third-order valence-electron chi connectivity index (χ3n) is 3.63. The number of hydrogen-bond donors (Lipinski definition) is 1. The Morgan fingerprint density at radius 2 is 1.64 bits per heavy atom. The van der Waals surface area contributed by atoms with Crippen molar-refractivity contribution in [1.29, 1.82) is 0 Å². The van der Waals surface area contributed by atoms with Crippen LogP contribution in [0.2, 0.25) is 0 Å². The molecule has 0 radical (unpaired) electrons. The van der Waals surface area contributed by atoms with Crippen LogP contribution in [0.15, 0.2) is 38.6 Å². The largest absolute Gasteiger partial charge is 0.332 e. The molecule has 0 fully saturated rings. The summed E-state index contributed by atoms with van der Waals surface area (Å²) in [6.45, 7) is 1.94. The first-order chi connectivity index (χ1) is 10.4. The Hall–Kier alpha value is -2.96. The molecule has 0 amide bonds. The van der Waals surface area contributed by atoms with Crippen molar-refractivity contribution >= 4 is 11.2 Å². The van der Waals surface area contributed by atoms with E-state index in [1.807, 2.05) is 19.1 Å². The van der Waals surface area contributed by atoms with Gasteiger partial charge in [-0.2, -0.15) is 0 Å². The average molecular weight is 298 g/mol. The molecule has 0 atom stereocenters. The summed E-state index contributed by atoms with van der Waals surface area (Å²) < 4.78 is 2.18. The predicted octanol–water partition coefficient (Wildman–Crippen LogP) is 0.296. The summed E-state index contributed by atoms with van der Waals surface area (Å²) in [6, 6.07) is 7.28. The lowest BCUT2D eigenvalue weighted by atomic mass is 10.1. The van der Waals surface area contributed by atoms with Gasteiger partial charge >= 0.3 is 5.69 Å². The second-order valence-electron chi connectivity index (χ2n) is 5.18. The van der Waals surface area contributed by atoms with Crippen molar-refractivity contribution in [1.82, 2.24) is 19.1 Å². The molecule has 0 spiro atoms. The van der Waals surface area contributed by atoms with Crippen LogP contribution >= 0.6 is 0 Å². The first kappa shape index (κ1) is 14.0. The number of benzene rings is 1. The number of nitrogens with one attached hydrogen (secondary N) is 1. The van der Waals surface area contributed by atoms with Gasteiger partial charge in [-0.3, -0.25) is 18.7 Å². The van der Waals surface area contributed by atoms with Gasteiger partial charge in [-0.25, -0.2) is 9.78 Å². The zero-order valence-corrected chi connectivity index (χ0v) is 12.4. The molecule has 0 saturated heterocycles. The standard InChI is InChI=1S/C15H14N4O3/c1-8-4-6-9(7-5-8)10-13(20)17-11-12(16-10)18(2)15(22)19(3)14(11)21/h4-7H,1-3H3,(H,17,20). The summed E-state index contributed by atoms with van der Waals surface area (Å²) in [7, 11) is 2.87. The lowest BCUT2D eigenvalue weighted by molar-refractivity contribution is 0.704. The van der Waals surface area contributed by atoms with E-state index in [0.29, 0.717) is 5.56 Å². The van der Waals surface area contributed by atoms with E-state index in [1.54, 1.807) is 12.1 Å². The van der Waals surface area contributed by atoms with Gasteiger partial charge in [0.2, 0.25) is 0 Å². The third-order valence-corrected chi connectivity index (χ3v) is 3.63. The smallest absolute Gasteiger partial charge is 0.313 e. The summed E-state index contributed by atoms with van der Waals surface area (Å²) in [5.74, 6) is 0. The van der Waals surface area contributed by atoms with Crippen LogP contribution in [-0.4, -0.2) is 19.1 Å². The maximum absolute atomic E-state index is 12.2. The Morgan fingerprint density at radius 1 is 1.00 bits per heavy atom. The van der Waals surface area contributed by atoms with Crippen molar-refractivity contribution < 1.29 is 0 Å². The van der Waals surface area contributed by atoms with E-state index in [1.165, 1.54) is 18.7 Å². The zero-order chi connectivity index (χ0) is 16.0. The van der Waals surface area contributed by atoms with Crippen molar-refractivity contribution in [2.24, 2.45) is 14.1 Å². The van der Waals surface area contributed by atoms with Gasteiger partial charge in [-0.05, 0) is 6.92 Å². The zero-order valence-electron chi connectivity index (χ0n) is 12.4. The fraction of sp³-hybridized carbons (Fsp3) is 0.200. The van der Waals surface area contributed by atoms with Crippen LogP contribution in [0.5, 0.6) is 0 Å². The van der Waals surface area contributed by atoms with Crippen LogP contribution in [-0.2, 0) is 14.1 Å². The van der Waals surface area contributed by atoms with Crippen molar-refractivity contribution in [3.8, 4) is 11.3 Å². The molecule has 2 aromatic heterocycles. The molecule has 7 heteroatoms. The molecule has 0 bridgehead atoms. The molecule has 22 heavy (non-hydrogen) atoms. The highest BCUT2D eigenvalue weighted by molar-refractivity contribution is 5.72. The van der Waals surface area contributed by atoms with E-state index in [2.05, 4.69) is 9.97 Å². The molecule has 2 heterocycles. The summed E-state index contributed by atoms with van der Waals surface area (Å²) in [5.41, 5.74) is 0.505. The van der Waals surface area contributed by atoms with Crippen LogP contribution in [0.4, 0.5) is 0 Å². The van der Waals surface area contributed by atoms with Crippen LogP contribution in [0.3, 0.4) is 0 Å². The summed E-state index contributed by atoms with van der Waals surface area (Å²) in [6.07, 6.45) is 0. The van der Waals surface area contributed by atoms with E-state index in [4.69, 9.17) is 0 Å². The number of nitrogens with zero attached hydrogens (tertiary/aromatic N) is 3. The van der Waals surface area contributed by atoms with Gasteiger partial charge in [0.25, 0.3) is 11.1 Å². The van der Waals surface area contributed by atoms with E-state index >= 15 is 0 Å². The van der Waals surface area contributed by atoms with Crippen molar-refractivity contribution in [3.05, 3.63) is 61.0 Å². The minimum atomic E-state index is -0.571. The third kappa shape index (κ3) is 1.98. The average Bonchev–Trinajstić information content (AvgIpc) is 2.51. The summed E-state index contributed by atoms with van der Waals surface area (Å²) in [5, 5.41) is 0. The number of fused-ring (bicyclic) bond motifs is 1. The van der Waals surface area contributed by atoms with Gasteiger partial charge in [0.05, 0.1) is 0 Å². The highest BCUT2D eigenvalue weighted by Crippen LogP contribution is 2.14. The second-order valence-corrected chi connectivity index (χ2v) is 5.18. The first-order valence-corrected chi connectivity index (χ1v) is 6.67. The van der Waals surface area contributed by atoms with Crippen molar-refractivity contribution in [2.45, 2.75) is 6.92 Å². The maximum Gasteiger partial charge on any atom is 0.332 e. The molecule has 0 aliphatic carbocycles. The fourth-order valence-electron chi connectivity index (χ4n) is 2.31. The van der Waals surface area contributed by atoms with E-state index in [-0.39, 0.29) is 16.9 Å². The topological polar surface area (TPSA) is 89.8 Å². The Kier molecular flexibility index (Phi) is 3.05. The van der Waals surface area contributed by atoms with Gasteiger partial charge in [0.1, 0.15) is 5.69 Å². The molecule has 0 aliphatic heterocycles. The minimum Gasteiger partial charge on any atom is -0.313 e. The highest BCUT2D eigenvalue weighted by atomic mass is 16.2. The lowest BCUT2D eigenvalue weighted by Gasteiger charge is -2.08. The number of rotatable bonds is 1. The molecule has 0 aliphatic rings. The van der Waals surface area contributed by atoms with Gasteiger partial charge in [0, 0.05) is 19.7 Å². The lowest BCUT2D eigenvalue weighted by Crippen LogP contribution is -2.38. The molecular formula is C15H14N4O3. The van der Waals surface area contributed by atoms with Crippen molar-refractivity contribution in [3.63, 3.8) is 0 Å². The quantitative estimate of drug-likeness (QED) is 0.699. The monoisotopic (exact) mass is 298 g/mol. The number of aromatic amines is 1. The molecule has 0 unspecified atom stereocenters. The Balaban J connectivity index is 2.43. The molecule has 1 N–H and O–H groups in total. The van der Waals surface area contributed by atoms with Crippen LogP contribution in [0.25, 0.3) is 22.4 Å². The number of aromatic nitrogens is 4. The van der Waals surface area contributed by atoms with E-state index in [0.717, 1.165) is 10.1 Å². The second kappa shape index (κ2) is 4.80. The maximum atomic E-state index is 12.2. The van der Waals surface area contributed by atoms with Gasteiger partial charge in [-0.1, -0.05) is 29.8 Å². The Morgan fingerprint density at radius 3 is 2.27 bits per heavy atom. The van der Waals surface area contributed by atoms with Gasteiger partial charge < -0.3 is 4.98 Å². The normalized spacial score (nSPS) is 11.0. The molecule has 3 rings (SSSR count). The number of H-pyrrole nitrogens is 1. The molecule has 7 nitrogen and oxygen atoms in total. The highest BCUT2D eigenvalue weighted by Gasteiger charge is 2.14. The SMILES string of the molecule is Cc1ccc(-c2nc3c([nH]c2=O)c(=O)n(C)c(=O)n3C)cc1. The van der Waals surface area contributed by atoms with Gasteiger partial charge in [0.15, 0.2) is 11.2 Å². The van der Waals surface area contributed by atoms with Crippen LogP contribution in [0.1, 0.15) is 5.56 Å². The van der Waals surface area contributed by atoms with Gasteiger partial charge in [-0.15, -0.1) is 0 Å². The summed E-state index contributed by atoms with van der Waals surface area (Å²) >= 11 is 0. The predicted molar refractivity (Wildman–Crippen MR) is 83.0 cm³/mol. The molecular weight excluding hydrogens is 284 g/mol. The minimum absolute atomic E-state index is 0.0189. The van der Waals surface area contributed by atoms with Crippen LogP contribution in [0, 0.1) is 6.92 Å². The Labute approximate surface area is 124 Å². The molecule has 1 aromatic carbocycles. The molecule has 112 valence electrons. The van der Waals surface area contributed by atoms with Crippen LogP contribution < -0.4 is 16.8 Å². The number of aryl methyl sites for hydroxylation is 2. The summed E-state index contributed by atoms with van der Waals surface area (Å²) in [4.78, 5) is 43.1. The van der Waals surface area contributed by atoms with Crippen molar-refractivity contribution in [2.75, 3.05) is 0 Å².